The summed E-state index contributed by atoms with van der Waals surface area (Å²) in [5.74, 6) is -2.18. The number of hydrogen-bond donors (Lipinski definition) is 0. The van der Waals surface area contributed by atoms with Crippen molar-refractivity contribution < 1.29 is 22.8 Å². The number of amides is 2. The Kier molecular flexibility index (Phi) is 5.02. The summed E-state index contributed by atoms with van der Waals surface area (Å²) in [4.78, 5) is 29.4. The van der Waals surface area contributed by atoms with Crippen LogP contribution < -0.4 is 4.90 Å². The van der Waals surface area contributed by atoms with Gasteiger partial charge in [0.25, 0.3) is 0 Å². The van der Waals surface area contributed by atoms with Crippen molar-refractivity contribution in [1.29, 1.82) is 0 Å². The van der Waals surface area contributed by atoms with Crippen LogP contribution >= 0.6 is 0 Å². The highest BCUT2D eigenvalue weighted by atomic mass is 19.4. The molecule has 1 aromatic heterocycles. The average Bonchev–Trinajstić information content (AvgIpc) is 2.55. The third-order valence-corrected chi connectivity index (χ3v) is 3.70. The minimum absolute atomic E-state index is 0.100. The molecule has 23 heavy (non-hydrogen) atoms. The van der Waals surface area contributed by atoms with E-state index in [1.807, 2.05) is 0 Å². The third-order valence-electron chi connectivity index (χ3n) is 3.70. The van der Waals surface area contributed by atoms with Crippen LogP contribution in [-0.2, 0) is 9.59 Å². The van der Waals surface area contributed by atoms with E-state index in [1.54, 1.807) is 0 Å². The molecule has 0 aliphatic carbocycles. The Labute approximate surface area is 131 Å². The number of carbonyl (C=O) groups excluding carboxylic acids is 2. The van der Waals surface area contributed by atoms with Crippen LogP contribution in [0.1, 0.15) is 12.8 Å². The first-order chi connectivity index (χ1) is 10.8. The van der Waals surface area contributed by atoms with Gasteiger partial charge in [-0.2, -0.15) is 13.2 Å². The molecule has 0 unspecified atom stereocenters. The quantitative estimate of drug-likeness (QED) is 0.800. The van der Waals surface area contributed by atoms with E-state index in [2.05, 4.69) is 11.6 Å². The van der Waals surface area contributed by atoms with Crippen LogP contribution in [0.3, 0.4) is 0 Å². The summed E-state index contributed by atoms with van der Waals surface area (Å²) in [5.41, 5.74) is 0.100. The molecule has 2 amide bonds. The summed E-state index contributed by atoms with van der Waals surface area (Å²) >= 11 is 0. The fraction of sp³-hybridized carbons (Fsp3) is 0.400. The van der Waals surface area contributed by atoms with Gasteiger partial charge < -0.3 is 4.90 Å². The van der Waals surface area contributed by atoms with E-state index in [1.165, 1.54) is 35.5 Å². The number of pyridine rings is 1. The van der Waals surface area contributed by atoms with Gasteiger partial charge in [0, 0.05) is 25.3 Å². The minimum Gasteiger partial charge on any atom is -0.339 e. The fourth-order valence-corrected chi connectivity index (χ4v) is 2.60. The first kappa shape index (κ1) is 17.0. The number of piperidine rings is 1. The van der Waals surface area contributed by atoms with E-state index in [4.69, 9.17) is 0 Å². The molecule has 1 fully saturated rings. The highest BCUT2D eigenvalue weighted by Gasteiger charge is 2.45. The van der Waals surface area contributed by atoms with Crippen molar-refractivity contribution in [1.82, 2.24) is 9.88 Å². The molecular weight excluding hydrogens is 311 g/mol. The van der Waals surface area contributed by atoms with E-state index in [0.29, 0.717) is 0 Å². The predicted octanol–water partition coefficient (Wildman–Crippen LogP) is 2.15. The van der Waals surface area contributed by atoms with E-state index < -0.39 is 18.1 Å². The SMILES string of the molecule is C=CC(=O)N1CCC(N(C(=O)C(F)(F)F)c2cccnc2)CC1. The van der Waals surface area contributed by atoms with Crippen LogP contribution in [-0.4, -0.2) is 47.0 Å². The molecular formula is C15H16F3N3O2. The van der Waals surface area contributed by atoms with Gasteiger partial charge in [0.15, 0.2) is 0 Å². The van der Waals surface area contributed by atoms with Crippen molar-refractivity contribution >= 4 is 17.5 Å². The third kappa shape index (κ3) is 3.88. The Morgan fingerprint density at radius 3 is 2.48 bits per heavy atom. The van der Waals surface area contributed by atoms with E-state index in [0.717, 1.165) is 4.90 Å². The standard InChI is InChI=1S/C15H16F3N3O2/c1-2-13(22)20-8-5-11(6-9-20)21(14(23)15(16,17)18)12-4-3-7-19-10-12/h2-4,7,10-11H,1,5-6,8-9H2. The van der Waals surface area contributed by atoms with Crippen molar-refractivity contribution in [3.05, 3.63) is 37.2 Å². The van der Waals surface area contributed by atoms with E-state index >= 15 is 0 Å². The van der Waals surface area contributed by atoms with Crippen molar-refractivity contribution in [2.75, 3.05) is 18.0 Å². The van der Waals surface area contributed by atoms with Gasteiger partial charge in [0.05, 0.1) is 11.9 Å². The van der Waals surface area contributed by atoms with Crippen LogP contribution in [0.15, 0.2) is 37.2 Å². The molecule has 1 aliphatic heterocycles. The lowest BCUT2D eigenvalue weighted by Crippen LogP contribution is -2.52. The van der Waals surface area contributed by atoms with Gasteiger partial charge in [-0.1, -0.05) is 6.58 Å². The number of carbonyl (C=O) groups is 2. The first-order valence-electron chi connectivity index (χ1n) is 7.06. The summed E-state index contributed by atoms with van der Waals surface area (Å²) < 4.78 is 38.7. The second-order valence-electron chi connectivity index (χ2n) is 5.14. The normalized spacial score (nSPS) is 16.0. The minimum atomic E-state index is -4.97. The zero-order valence-corrected chi connectivity index (χ0v) is 12.3. The smallest absolute Gasteiger partial charge is 0.339 e. The van der Waals surface area contributed by atoms with E-state index in [9.17, 15) is 22.8 Å². The molecule has 5 nitrogen and oxygen atoms in total. The van der Waals surface area contributed by atoms with Crippen LogP contribution in [0.4, 0.5) is 18.9 Å². The molecule has 2 rings (SSSR count). The van der Waals surface area contributed by atoms with Gasteiger partial charge >= 0.3 is 12.1 Å². The summed E-state index contributed by atoms with van der Waals surface area (Å²) in [6.07, 6.45) is -0.632. The predicted molar refractivity (Wildman–Crippen MR) is 77.6 cm³/mol. The highest BCUT2D eigenvalue weighted by Crippen LogP contribution is 2.29. The number of rotatable bonds is 3. The molecule has 0 saturated carbocycles. The Hall–Kier alpha value is -2.38. The number of alkyl halides is 3. The van der Waals surface area contributed by atoms with Crippen LogP contribution in [0, 0.1) is 0 Å². The lowest BCUT2D eigenvalue weighted by molar-refractivity contribution is -0.171. The second kappa shape index (κ2) is 6.80. The molecule has 0 aromatic carbocycles. The summed E-state index contributed by atoms with van der Waals surface area (Å²) in [6, 6.07) is 2.25. The number of aromatic nitrogens is 1. The Balaban J connectivity index is 2.21. The zero-order valence-electron chi connectivity index (χ0n) is 12.3. The lowest BCUT2D eigenvalue weighted by Gasteiger charge is -2.38. The Morgan fingerprint density at radius 2 is 2.00 bits per heavy atom. The monoisotopic (exact) mass is 327 g/mol. The maximum atomic E-state index is 12.9. The van der Waals surface area contributed by atoms with Gasteiger partial charge in [-0.05, 0) is 31.1 Å². The van der Waals surface area contributed by atoms with Crippen LogP contribution in [0.25, 0.3) is 0 Å². The van der Waals surface area contributed by atoms with Crippen molar-refractivity contribution in [2.45, 2.75) is 25.1 Å². The average molecular weight is 327 g/mol. The molecule has 0 N–H and O–H groups in total. The van der Waals surface area contributed by atoms with Crippen molar-refractivity contribution in [3.8, 4) is 0 Å². The summed E-state index contributed by atoms with van der Waals surface area (Å²) in [7, 11) is 0. The molecule has 0 radical (unpaired) electrons. The molecule has 2 heterocycles. The molecule has 124 valence electrons. The number of anilines is 1. The number of likely N-dealkylation sites (tertiary alicyclic amines) is 1. The van der Waals surface area contributed by atoms with Gasteiger partial charge in [-0.25, -0.2) is 0 Å². The molecule has 0 spiro atoms. The van der Waals surface area contributed by atoms with Crippen LogP contribution in [0.2, 0.25) is 0 Å². The molecule has 1 aromatic rings. The Bertz CT molecular complexity index is 581. The second-order valence-corrected chi connectivity index (χ2v) is 5.14. The lowest BCUT2D eigenvalue weighted by atomic mass is 10.0. The van der Waals surface area contributed by atoms with Gasteiger partial charge in [-0.3, -0.25) is 19.5 Å². The van der Waals surface area contributed by atoms with Gasteiger partial charge in [0.1, 0.15) is 0 Å². The first-order valence-corrected chi connectivity index (χ1v) is 7.06. The molecule has 1 aliphatic rings. The van der Waals surface area contributed by atoms with E-state index in [-0.39, 0.29) is 37.5 Å². The fourth-order valence-electron chi connectivity index (χ4n) is 2.60. The number of nitrogens with zero attached hydrogens (tertiary/aromatic N) is 3. The Morgan fingerprint density at radius 1 is 1.35 bits per heavy atom. The topological polar surface area (TPSA) is 53.5 Å². The maximum absolute atomic E-state index is 12.9. The largest absolute Gasteiger partial charge is 0.471 e. The summed E-state index contributed by atoms with van der Waals surface area (Å²) in [5, 5.41) is 0. The zero-order chi connectivity index (χ0) is 17.0. The van der Waals surface area contributed by atoms with Gasteiger partial charge in [0.2, 0.25) is 5.91 Å². The number of halogens is 3. The summed E-state index contributed by atoms with van der Waals surface area (Å²) in [6.45, 7) is 3.94. The molecule has 0 bridgehead atoms. The highest BCUT2D eigenvalue weighted by molar-refractivity contribution is 5.97. The molecule has 0 atom stereocenters. The van der Waals surface area contributed by atoms with Crippen LogP contribution in [0.5, 0.6) is 0 Å². The number of hydrogen-bond acceptors (Lipinski definition) is 3. The van der Waals surface area contributed by atoms with Gasteiger partial charge in [-0.15, -0.1) is 0 Å². The molecule has 8 heteroatoms. The van der Waals surface area contributed by atoms with Crippen molar-refractivity contribution in [3.63, 3.8) is 0 Å². The maximum Gasteiger partial charge on any atom is 0.471 e. The van der Waals surface area contributed by atoms with Crippen molar-refractivity contribution in [2.24, 2.45) is 0 Å². The molecule has 1 saturated heterocycles.